The van der Waals surface area contributed by atoms with E-state index in [-0.39, 0.29) is 12.3 Å². The molecule has 0 aliphatic carbocycles. The summed E-state index contributed by atoms with van der Waals surface area (Å²) in [5, 5.41) is 1.01. The Morgan fingerprint density at radius 2 is 1.81 bits per heavy atom. The molecule has 0 aliphatic rings. The fourth-order valence-electron chi connectivity index (χ4n) is 3.23. The Balaban J connectivity index is 1.95. The van der Waals surface area contributed by atoms with Gasteiger partial charge in [0.05, 0.1) is 11.9 Å². The van der Waals surface area contributed by atoms with E-state index in [4.69, 9.17) is 0 Å². The van der Waals surface area contributed by atoms with Crippen molar-refractivity contribution in [2.24, 2.45) is 0 Å². The quantitative estimate of drug-likeness (QED) is 0.679. The minimum atomic E-state index is -0.964. The highest BCUT2D eigenvalue weighted by molar-refractivity contribution is 5.96. The second kappa shape index (κ2) is 7.20. The number of rotatable bonds is 4. The summed E-state index contributed by atoms with van der Waals surface area (Å²) in [6.07, 6.45) is 0.155. The molecule has 5 heteroatoms. The van der Waals surface area contributed by atoms with E-state index in [0.717, 1.165) is 39.9 Å². The number of fused-ring (bicyclic) bond motifs is 1. The van der Waals surface area contributed by atoms with Crippen molar-refractivity contribution < 1.29 is 13.6 Å². The molecule has 0 atom stereocenters. The lowest BCUT2D eigenvalue weighted by atomic mass is 9.99. The van der Waals surface area contributed by atoms with Gasteiger partial charge in [0.15, 0.2) is 11.6 Å². The average Bonchev–Trinajstić information content (AvgIpc) is 2.62. The molecular formula is C21H20F2N2O. The fourth-order valence-corrected chi connectivity index (χ4v) is 3.23. The van der Waals surface area contributed by atoms with Gasteiger partial charge < -0.3 is 4.90 Å². The summed E-state index contributed by atoms with van der Waals surface area (Å²) in [4.78, 5) is 18.9. The highest BCUT2D eigenvalue weighted by Gasteiger charge is 2.19. The summed E-state index contributed by atoms with van der Waals surface area (Å²) in [5.74, 6) is -2.07. The predicted molar refractivity (Wildman–Crippen MR) is 99.3 cm³/mol. The molecule has 0 aliphatic heterocycles. The Hall–Kier alpha value is -2.82. The summed E-state index contributed by atoms with van der Waals surface area (Å²) in [7, 11) is 0. The molecule has 0 radical (unpaired) electrons. The van der Waals surface area contributed by atoms with Gasteiger partial charge in [0, 0.05) is 29.4 Å². The molecule has 26 heavy (non-hydrogen) atoms. The number of halogens is 2. The van der Waals surface area contributed by atoms with E-state index in [1.807, 2.05) is 38.1 Å². The number of hydrogen-bond donors (Lipinski definition) is 0. The lowest BCUT2D eigenvalue weighted by Gasteiger charge is -2.22. The van der Waals surface area contributed by atoms with Gasteiger partial charge in [0.1, 0.15) is 0 Å². The lowest BCUT2D eigenvalue weighted by Crippen LogP contribution is -2.32. The van der Waals surface area contributed by atoms with E-state index in [1.54, 1.807) is 6.92 Å². The molecule has 3 aromatic rings. The summed E-state index contributed by atoms with van der Waals surface area (Å²) in [6.45, 7) is 6.03. The Kier molecular flexibility index (Phi) is 4.98. The van der Waals surface area contributed by atoms with Crippen LogP contribution >= 0.6 is 0 Å². The average molecular weight is 354 g/mol. The summed E-state index contributed by atoms with van der Waals surface area (Å²) >= 11 is 0. The molecule has 1 aromatic heterocycles. The number of nitrogens with zero attached hydrogens (tertiary/aromatic N) is 2. The molecule has 0 spiro atoms. The van der Waals surface area contributed by atoms with E-state index >= 15 is 0 Å². The zero-order chi connectivity index (χ0) is 18.8. The van der Waals surface area contributed by atoms with Crippen molar-refractivity contribution in [3.05, 3.63) is 70.9 Å². The van der Waals surface area contributed by atoms with Gasteiger partial charge in [-0.15, -0.1) is 0 Å². The number of anilines is 1. The predicted octanol–water partition coefficient (Wildman–Crippen LogP) is 4.73. The zero-order valence-electron chi connectivity index (χ0n) is 15.0. The Bertz CT molecular complexity index is 985. The smallest absolute Gasteiger partial charge is 0.231 e. The number of aryl methyl sites for hydroxylation is 2. The molecular weight excluding hydrogens is 334 g/mol. The van der Waals surface area contributed by atoms with Crippen LogP contribution < -0.4 is 4.90 Å². The number of pyridine rings is 1. The first-order valence-corrected chi connectivity index (χ1v) is 8.52. The third kappa shape index (κ3) is 3.29. The molecule has 3 nitrogen and oxygen atoms in total. The second-order valence-electron chi connectivity index (χ2n) is 6.23. The van der Waals surface area contributed by atoms with Crippen LogP contribution in [0.4, 0.5) is 14.5 Å². The molecule has 0 N–H and O–H groups in total. The van der Waals surface area contributed by atoms with Gasteiger partial charge in [-0.2, -0.15) is 0 Å². The lowest BCUT2D eigenvalue weighted by molar-refractivity contribution is -0.118. The van der Waals surface area contributed by atoms with Crippen LogP contribution in [0.2, 0.25) is 0 Å². The molecule has 134 valence electrons. The minimum Gasteiger partial charge on any atom is -0.312 e. The number of carbonyl (C=O) groups excluding carboxylic acids is 1. The zero-order valence-corrected chi connectivity index (χ0v) is 15.0. The van der Waals surface area contributed by atoms with Crippen LogP contribution in [0.1, 0.15) is 23.7 Å². The number of carbonyl (C=O) groups is 1. The van der Waals surface area contributed by atoms with Crippen molar-refractivity contribution in [2.45, 2.75) is 27.2 Å². The van der Waals surface area contributed by atoms with Crippen LogP contribution in [0.25, 0.3) is 10.9 Å². The maximum absolute atomic E-state index is 13.5. The number of amides is 1. The van der Waals surface area contributed by atoms with Gasteiger partial charge >= 0.3 is 0 Å². The van der Waals surface area contributed by atoms with Crippen LogP contribution in [0.3, 0.4) is 0 Å². The molecule has 0 fully saturated rings. The number of benzene rings is 2. The number of para-hydroxylation sites is 1. The van der Waals surface area contributed by atoms with Gasteiger partial charge in [-0.05, 0) is 50.1 Å². The van der Waals surface area contributed by atoms with Gasteiger partial charge in [-0.25, -0.2) is 8.78 Å². The van der Waals surface area contributed by atoms with Gasteiger partial charge in [0.25, 0.3) is 0 Å². The van der Waals surface area contributed by atoms with Crippen molar-refractivity contribution in [3.63, 3.8) is 0 Å². The molecule has 1 heterocycles. The standard InChI is InChI=1S/C21H20F2N2O/c1-4-25(15-9-10-18(22)19(23)11-15)21(26)12-17-13(2)16-7-5-6-8-20(16)24-14(17)3/h5-11H,4,12H2,1-3H3. The van der Waals surface area contributed by atoms with Crippen molar-refractivity contribution in [1.82, 2.24) is 4.98 Å². The van der Waals surface area contributed by atoms with Crippen LogP contribution in [0.5, 0.6) is 0 Å². The van der Waals surface area contributed by atoms with Crippen LogP contribution in [0, 0.1) is 25.5 Å². The van der Waals surface area contributed by atoms with Crippen LogP contribution in [-0.2, 0) is 11.2 Å². The highest BCUT2D eigenvalue weighted by Crippen LogP contribution is 2.25. The molecule has 0 saturated carbocycles. The normalized spacial score (nSPS) is 11.0. The van der Waals surface area contributed by atoms with Gasteiger partial charge in [-0.3, -0.25) is 9.78 Å². The highest BCUT2D eigenvalue weighted by atomic mass is 19.2. The minimum absolute atomic E-state index is 0.155. The van der Waals surface area contributed by atoms with Crippen molar-refractivity contribution in [1.29, 1.82) is 0 Å². The molecule has 1 amide bonds. The molecule has 0 unspecified atom stereocenters. The maximum Gasteiger partial charge on any atom is 0.231 e. The van der Waals surface area contributed by atoms with E-state index in [9.17, 15) is 13.6 Å². The second-order valence-corrected chi connectivity index (χ2v) is 6.23. The topological polar surface area (TPSA) is 33.2 Å². The van der Waals surface area contributed by atoms with Crippen molar-refractivity contribution in [3.8, 4) is 0 Å². The van der Waals surface area contributed by atoms with E-state index in [0.29, 0.717) is 12.2 Å². The fraction of sp³-hybridized carbons (Fsp3) is 0.238. The van der Waals surface area contributed by atoms with Crippen LogP contribution in [-0.4, -0.2) is 17.4 Å². The monoisotopic (exact) mass is 354 g/mol. The number of likely N-dealkylation sites (N-methyl/N-ethyl adjacent to an activating group) is 1. The number of aromatic nitrogens is 1. The van der Waals surface area contributed by atoms with Crippen LogP contribution in [0.15, 0.2) is 42.5 Å². The van der Waals surface area contributed by atoms with E-state index in [2.05, 4.69) is 4.98 Å². The summed E-state index contributed by atoms with van der Waals surface area (Å²) < 4.78 is 26.7. The largest absolute Gasteiger partial charge is 0.312 e. The van der Waals surface area contributed by atoms with Gasteiger partial charge in [0.2, 0.25) is 5.91 Å². The third-order valence-corrected chi connectivity index (χ3v) is 4.65. The van der Waals surface area contributed by atoms with E-state index < -0.39 is 11.6 Å². The SMILES string of the molecule is CCN(C(=O)Cc1c(C)nc2ccccc2c1C)c1ccc(F)c(F)c1. The molecule has 0 bridgehead atoms. The first-order valence-electron chi connectivity index (χ1n) is 8.52. The first-order chi connectivity index (χ1) is 12.4. The Morgan fingerprint density at radius 1 is 1.08 bits per heavy atom. The van der Waals surface area contributed by atoms with Crippen molar-refractivity contribution in [2.75, 3.05) is 11.4 Å². The molecule has 2 aromatic carbocycles. The van der Waals surface area contributed by atoms with Gasteiger partial charge in [-0.1, -0.05) is 18.2 Å². The molecule has 0 saturated heterocycles. The number of hydrogen-bond acceptors (Lipinski definition) is 2. The van der Waals surface area contributed by atoms with E-state index in [1.165, 1.54) is 11.0 Å². The summed E-state index contributed by atoms with van der Waals surface area (Å²) in [6, 6.07) is 11.3. The summed E-state index contributed by atoms with van der Waals surface area (Å²) in [5.41, 5.74) is 3.93. The Labute approximate surface area is 151 Å². The first kappa shape index (κ1) is 18.0. The third-order valence-electron chi connectivity index (χ3n) is 4.65. The molecule has 3 rings (SSSR count). The van der Waals surface area contributed by atoms with Crippen molar-refractivity contribution >= 4 is 22.5 Å². The maximum atomic E-state index is 13.5. The Morgan fingerprint density at radius 3 is 2.50 bits per heavy atom.